The normalized spacial score (nSPS) is 22.9. The Bertz CT molecular complexity index is 1300. The number of pyridine rings is 1. The maximum atomic E-state index is 13.6. The fourth-order valence-corrected chi connectivity index (χ4v) is 6.89. The van der Waals surface area contributed by atoms with Crippen LogP contribution in [-0.4, -0.2) is 54.5 Å². The summed E-state index contributed by atoms with van der Waals surface area (Å²) in [5.41, 5.74) is 3.98. The van der Waals surface area contributed by atoms with Crippen LogP contribution < -0.4 is 4.90 Å². The number of likely N-dealkylation sites (tertiary alicyclic amines) is 1. The van der Waals surface area contributed by atoms with Crippen molar-refractivity contribution in [2.45, 2.75) is 44.9 Å². The number of benzene rings is 1. The summed E-state index contributed by atoms with van der Waals surface area (Å²) in [6, 6.07) is 16.0. The summed E-state index contributed by atoms with van der Waals surface area (Å²) >= 11 is 1.47. The van der Waals surface area contributed by atoms with Crippen molar-refractivity contribution in [1.29, 1.82) is 0 Å². The molecule has 1 saturated carbocycles. The van der Waals surface area contributed by atoms with E-state index in [0.29, 0.717) is 30.2 Å². The van der Waals surface area contributed by atoms with Gasteiger partial charge in [-0.25, -0.2) is 0 Å². The molecule has 3 aromatic rings. The maximum absolute atomic E-state index is 13.6. The summed E-state index contributed by atoms with van der Waals surface area (Å²) in [6.07, 6.45) is 3.85. The molecule has 2 unspecified atom stereocenters. The van der Waals surface area contributed by atoms with Gasteiger partial charge in [0.2, 0.25) is 0 Å². The summed E-state index contributed by atoms with van der Waals surface area (Å²) in [5.74, 6) is 1.84. The van der Waals surface area contributed by atoms with Crippen LogP contribution in [0.15, 0.2) is 60.1 Å². The minimum atomic E-state index is 0.0301. The third-order valence-electron chi connectivity index (χ3n) is 8.75. The quantitative estimate of drug-likeness (QED) is 0.383. The predicted molar refractivity (Wildman–Crippen MR) is 155 cm³/mol. The highest BCUT2D eigenvalue weighted by atomic mass is 32.1. The van der Waals surface area contributed by atoms with Gasteiger partial charge in [-0.05, 0) is 77.3 Å². The highest BCUT2D eigenvalue weighted by molar-refractivity contribution is 7.12. The summed E-state index contributed by atoms with van der Waals surface area (Å²) in [7, 11) is 0. The van der Waals surface area contributed by atoms with Gasteiger partial charge in [0.25, 0.3) is 11.8 Å². The van der Waals surface area contributed by atoms with Gasteiger partial charge in [0.1, 0.15) is 0 Å². The van der Waals surface area contributed by atoms with Gasteiger partial charge >= 0.3 is 0 Å². The Kier molecular flexibility index (Phi) is 7.06. The Morgan fingerprint density at radius 1 is 1.03 bits per heavy atom. The van der Waals surface area contributed by atoms with Crippen molar-refractivity contribution in [1.82, 2.24) is 9.88 Å². The van der Waals surface area contributed by atoms with Crippen LogP contribution in [0, 0.1) is 17.8 Å². The molecule has 0 radical (unpaired) electrons. The Labute approximate surface area is 235 Å². The van der Waals surface area contributed by atoms with Crippen LogP contribution >= 0.6 is 11.3 Å². The monoisotopic (exact) mass is 543 g/mol. The Morgan fingerprint density at radius 3 is 2.33 bits per heavy atom. The van der Waals surface area contributed by atoms with E-state index in [4.69, 9.17) is 9.72 Å². The Morgan fingerprint density at radius 2 is 1.74 bits per heavy atom. The lowest BCUT2D eigenvalue weighted by Crippen LogP contribution is -2.36. The van der Waals surface area contributed by atoms with E-state index in [1.165, 1.54) is 16.9 Å². The molecule has 6 nitrogen and oxygen atoms in total. The second-order valence-corrected chi connectivity index (χ2v) is 13.2. The molecule has 0 N–H and O–H groups in total. The number of thiophene rings is 1. The van der Waals surface area contributed by atoms with Gasteiger partial charge in [-0.3, -0.25) is 14.6 Å². The zero-order chi connectivity index (χ0) is 27.1. The number of carbonyl (C=O) groups is 2. The average molecular weight is 544 g/mol. The van der Waals surface area contributed by atoms with Crippen LogP contribution in [0.4, 0.5) is 5.69 Å². The van der Waals surface area contributed by atoms with E-state index in [2.05, 4.69) is 45.0 Å². The van der Waals surface area contributed by atoms with E-state index in [9.17, 15) is 9.59 Å². The molecule has 39 heavy (non-hydrogen) atoms. The highest BCUT2D eigenvalue weighted by Crippen LogP contribution is 2.52. The fraction of sp³-hybridized carbons (Fsp3) is 0.469. The number of anilines is 1. The lowest BCUT2D eigenvalue weighted by atomic mass is 9.86. The van der Waals surface area contributed by atoms with Gasteiger partial charge in [-0.1, -0.05) is 39.0 Å². The molecule has 1 aromatic carbocycles. The second kappa shape index (κ2) is 10.5. The lowest BCUT2D eigenvalue weighted by Gasteiger charge is -2.26. The van der Waals surface area contributed by atoms with Crippen molar-refractivity contribution in [2.75, 3.05) is 37.7 Å². The Hall–Kier alpha value is -3.03. The molecular weight excluding hydrogens is 506 g/mol. The van der Waals surface area contributed by atoms with Crippen molar-refractivity contribution >= 4 is 28.8 Å². The minimum Gasteiger partial charge on any atom is -0.381 e. The van der Waals surface area contributed by atoms with Crippen molar-refractivity contribution in [2.24, 2.45) is 17.8 Å². The van der Waals surface area contributed by atoms with Crippen LogP contribution in [-0.2, 0) is 10.2 Å². The molecule has 1 aliphatic carbocycles. The molecule has 2 aromatic heterocycles. The first-order valence-corrected chi connectivity index (χ1v) is 15.0. The van der Waals surface area contributed by atoms with Gasteiger partial charge in [0.05, 0.1) is 16.8 Å². The molecule has 0 bridgehead atoms. The molecule has 2 atom stereocenters. The zero-order valence-corrected chi connectivity index (χ0v) is 23.8. The number of ether oxygens (including phenoxy) is 1. The number of hydrogen-bond donors (Lipinski definition) is 0. The summed E-state index contributed by atoms with van der Waals surface area (Å²) < 4.78 is 5.50. The number of fused-ring (bicyclic) bond motifs is 1. The van der Waals surface area contributed by atoms with Crippen molar-refractivity contribution in [3.63, 3.8) is 0 Å². The molecule has 2 aliphatic heterocycles. The van der Waals surface area contributed by atoms with Crippen LogP contribution in [0.3, 0.4) is 0 Å². The Balaban J connectivity index is 1.12. The number of piperidine rings is 1. The number of carbonyl (C=O) groups excluding carboxylic acids is 2. The number of amides is 2. The zero-order valence-electron chi connectivity index (χ0n) is 23.0. The smallest absolute Gasteiger partial charge is 0.268 e. The van der Waals surface area contributed by atoms with Crippen molar-refractivity contribution in [3.05, 3.63) is 81.8 Å². The maximum Gasteiger partial charge on any atom is 0.268 e. The lowest BCUT2D eigenvalue weighted by molar-refractivity contribution is 0.0766. The first kappa shape index (κ1) is 26.2. The van der Waals surface area contributed by atoms with Crippen molar-refractivity contribution in [3.8, 4) is 0 Å². The third-order valence-corrected chi connectivity index (χ3v) is 9.61. The van der Waals surface area contributed by atoms with E-state index in [1.807, 2.05) is 45.6 Å². The predicted octanol–water partition coefficient (Wildman–Crippen LogP) is 6.00. The van der Waals surface area contributed by atoms with Gasteiger partial charge < -0.3 is 14.5 Å². The molecule has 4 heterocycles. The summed E-state index contributed by atoms with van der Waals surface area (Å²) in [6.45, 7) is 10.3. The van der Waals surface area contributed by atoms with E-state index in [1.54, 1.807) is 0 Å². The van der Waals surface area contributed by atoms with E-state index >= 15 is 0 Å². The molecule has 6 rings (SSSR count). The molecule has 2 saturated heterocycles. The highest BCUT2D eigenvalue weighted by Gasteiger charge is 2.57. The molecule has 3 fully saturated rings. The largest absolute Gasteiger partial charge is 0.381 e. The van der Waals surface area contributed by atoms with Gasteiger partial charge in [-0.2, -0.15) is 0 Å². The first-order valence-electron chi connectivity index (χ1n) is 14.1. The van der Waals surface area contributed by atoms with E-state index < -0.39 is 0 Å². The van der Waals surface area contributed by atoms with Gasteiger partial charge in [-0.15, -0.1) is 11.3 Å². The van der Waals surface area contributed by atoms with Gasteiger partial charge in [0, 0.05) is 50.0 Å². The molecule has 2 amide bonds. The molecular formula is C32H37N3O3S. The third kappa shape index (κ3) is 5.39. The SMILES string of the molecule is CC(C)(C)c1ccc(C(=O)N2CC3C(C2)C3CN(C(=O)c2cccs2)c2ccc(C3CCOCC3)nc2)cc1. The van der Waals surface area contributed by atoms with E-state index in [0.717, 1.165) is 61.0 Å². The second-order valence-electron chi connectivity index (χ2n) is 12.3. The minimum absolute atomic E-state index is 0.0301. The van der Waals surface area contributed by atoms with Gasteiger partial charge in [0.15, 0.2) is 0 Å². The summed E-state index contributed by atoms with van der Waals surface area (Å²) in [4.78, 5) is 36.2. The fourth-order valence-electron chi connectivity index (χ4n) is 6.22. The average Bonchev–Trinajstić information content (AvgIpc) is 3.33. The molecule has 3 aliphatic rings. The van der Waals surface area contributed by atoms with Crippen LogP contribution in [0.2, 0.25) is 0 Å². The van der Waals surface area contributed by atoms with Crippen LogP contribution in [0.25, 0.3) is 0 Å². The van der Waals surface area contributed by atoms with Crippen LogP contribution in [0.1, 0.15) is 70.8 Å². The topological polar surface area (TPSA) is 62.7 Å². The number of hydrogen-bond acceptors (Lipinski definition) is 5. The van der Waals surface area contributed by atoms with E-state index in [-0.39, 0.29) is 17.2 Å². The number of aromatic nitrogens is 1. The first-order chi connectivity index (χ1) is 18.8. The van der Waals surface area contributed by atoms with Crippen LogP contribution in [0.5, 0.6) is 0 Å². The standard InChI is InChI=1S/C32H37N3O3S/c1-32(2,3)23-8-6-22(7-9-23)30(36)34-18-25-26(19-34)27(25)20-35(31(37)29-5-4-16-39-29)24-10-11-28(33-17-24)21-12-14-38-15-13-21/h4-11,16-17,21,25-27H,12-15,18-20H2,1-3H3. The number of nitrogens with zero attached hydrogens (tertiary/aromatic N) is 3. The molecule has 7 heteroatoms. The molecule has 204 valence electrons. The number of rotatable bonds is 6. The summed E-state index contributed by atoms with van der Waals surface area (Å²) in [5, 5.41) is 1.95. The van der Waals surface area contributed by atoms with Crippen molar-refractivity contribution < 1.29 is 14.3 Å². The molecule has 0 spiro atoms.